The average Bonchev–Trinajstić information content (AvgIpc) is 2.26. The van der Waals surface area contributed by atoms with Crippen LogP contribution >= 0.6 is 0 Å². The van der Waals surface area contributed by atoms with Crippen LogP contribution in [0.3, 0.4) is 0 Å². The summed E-state index contributed by atoms with van der Waals surface area (Å²) in [6.45, 7) is 9.96. The van der Waals surface area contributed by atoms with Gasteiger partial charge in [-0.1, -0.05) is 6.07 Å². The monoisotopic (exact) mass is 250 g/mol. The second-order valence-corrected chi connectivity index (χ2v) is 5.64. The Kier molecular flexibility index (Phi) is 3.59. The van der Waals surface area contributed by atoms with Crippen molar-refractivity contribution in [1.82, 2.24) is 4.98 Å². The molecule has 2 heterocycles. The van der Waals surface area contributed by atoms with Crippen molar-refractivity contribution in [2.45, 2.75) is 46.0 Å². The van der Waals surface area contributed by atoms with Crippen LogP contribution in [0, 0.1) is 6.92 Å². The molecule has 1 aliphatic heterocycles. The van der Waals surface area contributed by atoms with E-state index in [1.165, 1.54) is 0 Å². The fraction of sp³-hybridized carbons (Fsp3) is 0.643. The van der Waals surface area contributed by atoms with Gasteiger partial charge in [0, 0.05) is 18.8 Å². The van der Waals surface area contributed by atoms with Crippen LogP contribution in [-0.4, -0.2) is 34.9 Å². The standard InChI is InChI=1S/C14H22N2O2/c1-10-7-16(9-14(3,4)18-10)13-6-5-12(8-17)11(2)15-13/h5-6,10,17H,7-9H2,1-4H3. The largest absolute Gasteiger partial charge is 0.392 e. The van der Waals surface area contributed by atoms with E-state index in [9.17, 15) is 5.11 Å². The minimum absolute atomic E-state index is 0.0458. The Hall–Kier alpha value is -1.13. The molecule has 2 rings (SSSR count). The lowest BCUT2D eigenvalue weighted by Gasteiger charge is -2.42. The molecule has 1 N–H and O–H groups in total. The van der Waals surface area contributed by atoms with Gasteiger partial charge in [0.15, 0.2) is 0 Å². The number of nitrogens with zero attached hydrogens (tertiary/aromatic N) is 2. The molecule has 1 fully saturated rings. The number of aliphatic hydroxyl groups is 1. The number of ether oxygens (including phenoxy) is 1. The first-order chi connectivity index (χ1) is 8.41. The lowest BCUT2D eigenvalue weighted by atomic mass is 10.1. The van der Waals surface area contributed by atoms with Gasteiger partial charge < -0.3 is 14.7 Å². The summed E-state index contributed by atoms with van der Waals surface area (Å²) in [5, 5.41) is 9.17. The molecular weight excluding hydrogens is 228 g/mol. The van der Waals surface area contributed by atoms with Crippen molar-refractivity contribution in [2.75, 3.05) is 18.0 Å². The molecule has 0 saturated carbocycles. The Bertz CT molecular complexity index is 432. The van der Waals surface area contributed by atoms with Gasteiger partial charge in [0.05, 0.1) is 18.3 Å². The van der Waals surface area contributed by atoms with Crippen LogP contribution < -0.4 is 4.90 Å². The molecule has 0 aliphatic carbocycles. The quantitative estimate of drug-likeness (QED) is 0.870. The van der Waals surface area contributed by atoms with E-state index in [2.05, 4.69) is 30.7 Å². The van der Waals surface area contributed by atoms with E-state index in [-0.39, 0.29) is 18.3 Å². The molecule has 1 saturated heterocycles. The molecule has 1 atom stereocenters. The summed E-state index contributed by atoms with van der Waals surface area (Å²) in [5.41, 5.74) is 1.63. The van der Waals surface area contributed by atoms with Gasteiger partial charge in [0.2, 0.25) is 0 Å². The predicted molar refractivity (Wildman–Crippen MR) is 71.7 cm³/mol. The topological polar surface area (TPSA) is 45.6 Å². The van der Waals surface area contributed by atoms with Crippen LogP contribution in [0.15, 0.2) is 12.1 Å². The number of morpholine rings is 1. The van der Waals surface area contributed by atoms with Crippen LogP contribution in [0.1, 0.15) is 32.0 Å². The second kappa shape index (κ2) is 4.86. The first-order valence-electron chi connectivity index (χ1n) is 6.41. The fourth-order valence-corrected chi connectivity index (χ4v) is 2.55. The van der Waals surface area contributed by atoms with E-state index in [0.717, 1.165) is 30.2 Å². The third-order valence-electron chi connectivity index (χ3n) is 3.24. The van der Waals surface area contributed by atoms with Crippen molar-refractivity contribution in [3.05, 3.63) is 23.4 Å². The average molecular weight is 250 g/mol. The summed E-state index contributed by atoms with van der Waals surface area (Å²) < 4.78 is 5.89. The van der Waals surface area contributed by atoms with Gasteiger partial charge in [-0.05, 0) is 39.3 Å². The third-order valence-corrected chi connectivity index (χ3v) is 3.24. The highest BCUT2D eigenvalue weighted by molar-refractivity contribution is 5.42. The zero-order valence-corrected chi connectivity index (χ0v) is 11.6. The SMILES string of the molecule is Cc1nc(N2CC(C)OC(C)(C)C2)ccc1CO. The summed E-state index contributed by atoms with van der Waals surface area (Å²) in [7, 11) is 0. The van der Waals surface area contributed by atoms with Gasteiger partial charge >= 0.3 is 0 Å². The molecule has 4 heteroatoms. The van der Waals surface area contributed by atoms with E-state index in [1.807, 2.05) is 19.1 Å². The third kappa shape index (κ3) is 2.82. The first-order valence-corrected chi connectivity index (χ1v) is 6.41. The second-order valence-electron chi connectivity index (χ2n) is 5.64. The molecule has 1 unspecified atom stereocenters. The smallest absolute Gasteiger partial charge is 0.128 e. The van der Waals surface area contributed by atoms with Gasteiger partial charge in [-0.15, -0.1) is 0 Å². The van der Waals surface area contributed by atoms with Gasteiger partial charge in [0.1, 0.15) is 5.82 Å². The lowest BCUT2D eigenvalue weighted by molar-refractivity contribution is -0.0751. The molecular formula is C14H22N2O2. The maximum absolute atomic E-state index is 9.17. The Morgan fingerprint density at radius 3 is 2.78 bits per heavy atom. The van der Waals surface area contributed by atoms with Crippen molar-refractivity contribution in [3.8, 4) is 0 Å². The molecule has 1 aliphatic rings. The number of pyridine rings is 1. The van der Waals surface area contributed by atoms with E-state index >= 15 is 0 Å². The molecule has 0 radical (unpaired) electrons. The van der Waals surface area contributed by atoms with E-state index < -0.39 is 0 Å². The lowest BCUT2D eigenvalue weighted by Crippen LogP contribution is -2.52. The highest BCUT2D eigenvalue weighted by Gasteiger charge is 2.31. The van der Waals surface area contributed by atoms with Crippen LogP contribution in [0.5, 0.6) is 0 Å². The Morgan fingerprint density at radius 2 is 2.22 bits per heavy atom. The normalized spacial score (nSPS) is 23.2. The predicted octanol–water partition coefficient (Wildman–Crippen LogP) is 1.89. The van der Waals surface area contributed by atoms with Crippen molar-refractivity contribution in [1.29, 1.82) is 0 Å². The Morgan fingerprint density at radius 1 is 1.50 bits per heavy atom. The zero-order valence-electron chi connectivity index (χ0n) is 11.6. The van der Waals surface area contributed by atoms with Crippen molar-refractivity contribution < 1.29 is 9.84 Å². The minimum atomic E-state index is -0.150. The summed E-state index contributed by atoms with van der Waals surface area (Å²) >= 11 is 0. The summed E-state index contributed by atoms with van der Waals surface area (Å²) in [6.07, 6.45) is 0.202. The number of aromatic nitrogens is 1. The summed E-state index contributed by atoms with van der Waals surface area (Å²) in [5.74, 6) is 0.966. The van der Waals surface area contributed by atoms with Crippen LogP contribution in [-0.2, 0) is 11.3 Å². The summed E-state index contributed by atoms with van der Waals surface area (Å²) in [6, 6.07) is 3.93. The molecule has 4 nitrogen and oxygen atoms in total. The Labute approximate surface area is 109 Å². The van der Waals surface area contributed by atoms with Gasteiger partial charge in [-0.3, -0.25) is 0 Å². The number of anilines is 1. The fourth-order valence-electron chi connectivity index (χ4n) is 2.55. The maximum Gasteiger partial charge on any atom is 0.128 e. The van der Waals surface area contributed by atoms with E-state index in [4.69, 9.17) is 4.74 Å². The molecule has 18 heavy (non-hydrogen) atoms. The summed E-state index contributed by atoms with van der Waals surface area (Å²) in [4.78, 5) is 6.83. The molecule has 0 bridgehead atoms. The molecule has 0 aromatic carbocycles. The van der Waals surface area contributed by atoms with Gasteiger partial charge in [-0.2, -0.15) is 0 Å². The highest BCUT2D eigenvalue weighted by atomic mass is 16.5. The van der Waals surface area contributed by atoms with Gasteiger partial charge in [0.25, 0.3) is 0 Å². The molecule has 0 amide bonds. The van der Waals surface area contributed by atoms with Crippen LogP contribution in [0.25, 0.3) is 0 Å². The number of rotatable bonds is 2. The maximum atomic E-state index is 9.17. The first kappa shape index (κ1) is 13.3. The van der Waals surface area contributed by atoms with Crippen molar-refractivity contribution in [2.24, 2.45) is 0 Å². The zero-order chi connectivity index (χ0) is 13.3. The molecule has 0 spiro atoms. The molecule has 100 valence electrons. The number of hydrogen-bond acceptors (Lipinski definition) is 4. The minimum Gasteiger partial charge on any atom is -0.392 e. The van der Waals surface area contributed by atoms with E-state index in [1.54, 1.807) is 0 Å². The molecule has 1 aromatic heterocycles. The van der Waals surface area contributed by atoms with Crippen molar-refractivity contribution >= 4 is 5.82 Å². The van der Waals surface area contributed by atoms with E-state index in [0.29, 0.717) is 0 Å². The highest BCUT2D eigenvalue weighted by Crippen LogP contribution is 2.25. The van der Waals surface area contributed by atoms with Crippen LogP contribution in [0.4, 0.5) is 5.82 Å². The number of aryl methyl sites for hydroxylation is 1. The number of aliphatic hydroxyl groups excluding tert-OH is 1. The number of hydrogen-bond donors (Lipinski definition) is 1. The van der Waals surface area contributed by atoms with Crippen LogP contribution in [0.2, 0.25) is 0 Å². The Balaban J connectivity index is 2.23. The van der Waals surface area contributed by atoms with Crippen molar-refractivity contribution in [3.63, 3.8) is 0 Å². The molecule has 1 aromatic rings. The van der Waals surface area contributed by atoms with Gasteiger partial charge in [-0.25, -0.2) is 4.98 Å².